The minimum absolute atomic E-state index is 0.621. The molecule has 0 atom stereocenters. The zero-order chi connectivity index (χ0) is 35.3. The van der Waals surface area contributed by atoms with Crippen molar-refractivity contribution in [2.24, 2.45) is 0 Å². The van der Waals surface area contributed by atoms with Crippen molar-refractivity contribution >= 4 is 114 Å². The lowest BCUT2D eigenvalue weighted by molar-refractivity contribution is 0.623. The second-order valence-electron chi connectivity index (χ2n) is 13.9. The molecule has 12 aromatic rings. The molecule has 0 N–H and O–H groups in total. The van der Waals surface area contributed by atoms with Crippen LogP contribution in [0.4, 0.5) is 17.1 Å². The molecule has 0 saturated heterocycles. The van der Waals surface area contributed by atoms with Crippen LogP contribution in [-0.2, 0) is 0 Å². The summed E-state index contributed by atoms with van der Waals surface area (Å²) in [4.78, 5) is 7.60. The molecule has 0 spiro atoms. The van der Waals surface area contributed by atoms with Crippen LogP contribution in [0.2, 0.25) is 0 Å². The smallest absolute Gasteiger partial charge is 0.227 e. The first-order chi connectivity index (χ1) is 26.7. The minimum Gasteiger partial charge on any atom is -0.456 e. The molecule has 0 radical (unpaired) electrons. The number of anilines is 3. The Balaban J connectivity index is 1.15. The Hall–Kier alpha value is -6.95. The first-order valence-corrected chi connectivity index (χ1v) is 18.9. The quantitative estimate of drug-likeness (QED) is 0.171. The average Bonchev–Trinajstić information content (AvgIpc) is 3.95. The molecule has 0 aliphatic rings. The van der Waals surface area contributed by atoms with Crippen molar-refractivity contribution in [1.29, 1.82) is 0 Å². The molecule has 3 heterocycles. The van der Waals surface area contributed by atoms with Gasteiger partial charge < -0.3 is 13.7 Å². The maximum Gasteiger partial charge on any atom is 0.227 e. The van der Waals surface area contributed by atoms with Gasteiger partial charge in [-0.25, -0.2) is 4.98 Å². The number of para-hydroxylation sites is 1. The number of oxazole rings is 1. The number of thiophene rings is 1. The van der Waals surface area contributed by atoms with Crippen LogP contribution in [0.1, 0.15) is 0 Å². The van der Waals surface area contributed by atoms with E-state index in [1.165, 1.54) is 20.2 Å². The van der Waals surface area contributed by atoms with Gasteiger partial charge in [0.1, 0.15) is 16.7 Å². The van der Waals surface area contributed by atoms with Crippen LogP contribution in [0.15, 0.2) is 179 Å². The highest BCUT2D eigenvalue weighted by Crippen LogP contribution is 2.45. The van der Waals surface area contributed by atoms with Crippen LogP contribution < -0.4 is 4.90 Å². The standard InChI is InChI=1S/C49H28N2O2S/c1-2-10-30(11-3-1)49-50-47-46-38(34-12-4-5-15-39(34)48(47)53-49)23-19-29-18-20-31(26-40(29)46)51(32-22-25-43-41(27-32)35-13-6-8-16-42(35)52-43)33-21-24-37-36-14-7-9-17-44(36)54-45(37)28-33/h1-28H. The van der Waals surface area contributed by atoms with Gasteiger partial charge in [-0.1, -0.05) is 103 Å². The van der Waals surface area contributed by atoms with Gasteiger partial charge >= 0.3 is 0 Å². The molecule has 12 rings (SSSR count). The monoisotopic (exact) mass is 708 g/mol. The summed E-state index contributed by atoms with van der Waals surface area (Å²) in [7, 11) is 0. The first kappa shape index (κ1) is 29.6. The summed E-state index contributed by atoms with van der Waals surface area (Å²) in [6.07, 6.45) is 0. The molecule has 0 saturated carbocycles. The van der Waals surface area contributed by atoms with Crippen molar-refractivity contribution in [3.8, 4) is 11.5 Å². The third-order valence-electron chi connectivity index (χ3n) is 10.8. The van der Waals surface area contributed by atoms with E-state index in [0.29, 0.717) is 5.89 Å². The molecule has 9 aromatic carbocycles. The van der Waals surface area contributed by atoms with E-state index in [9.17, 15) is 0 Å². The number of furan rings is 1. The van der Waals surface area contributed by atoms with E-state index >= 15 is 0 Å². The second-order valence-corrected chi connectivity index (χ2v) is 15.0. The number of hydrogen-bond donors (Lipinski definition) is 0. The van der Waals surface area contributed by atoms with Gasteiger partial charge in [-0.3, -0.25) is 0 Å². The van der Waals surface area contributed by atoms with E-state index in [4.69, 9.17) is 13.8 Å². The van der Waals surface area contributed by atoms with Crippen LogP contribution in [0.25, 0.3) is 97.0 Å². The van der Waals surface area contributed by atoms with Gasteiger partial charge in [0, 0.05) is 64.3 Å². The molecule has 0 aliphatic heterocycles. The summed E-state index contributed by atoms with van der Waals surface area (Å²) in [6, 6.07) is 60.3. The second kappa shape index (κ2) is 11.3. The third kappa shape index (κ3) is 4.33. The highest BCUT2D eigenvalue weighted by atomic mass is 32.1. The Morgan fingerprint density at radius 1 is 0.426 bits per heavy atom. The summed E-state index contributed by atoms with van der Waals surface area (Å²) in [5.74, 6) is 0.621. The molecule has 252 valence electrons. The van der Waals surface area contributed by atoms with Gasteiger partial charge in [0.15, 0.2) is 5.58 Å². The molecule has 54 heavy (non-hydrogen) atoms. The molecule has 3 aromatic heterocycles. The van der Waals surface area contributed by atoms with E-state index < -0.39 is 0 Å². The summed E-state index contributed by atoms with van der Waals surface area (Å²) >= 11 is 1.84. The molecular weight excluding hydrogens is 681 g/mol. The van der Waals surface area contributed by atoms with Crippen LogP contribution in [-0.4, -0.2) is 4.98 Å². The summed E-state index contributed by atoms with van der Waals surface area (Å²) < 4.78 is 15.5. The van der Waals surface area contributed by atoms with Crippen LogP contribution in [0.5, 0.6) is 0 Å². The van der Waals surface area contributed by atoms with Gasteiger partial charge in [-0.15, -0.1) is 11.3 Å². The summed E-state index contributed by atoms with van der Waals surface area (Å²) in [5, 5.41) is 11.5. The number of nitrogens with zero attached hydrogens (tertiary/aromatic N) is 2. The first-order valence-electron chi connectivity index (χ1n) is 18.1. The summed E-state index contributed by atoms with van der Waals surface area (Å²) in [5.41, 5.74) is 7.58. The fraction of sp³-hybridized carbons (Fsp3) is 0. The van der Waals surface area contributed by atoms with Crippen molar-refractivity contribution in [3.05, 3.63) is 170 Å². The minimum atomic E-state index is 0.621. The van der Waals surface area contributed by atoms with Gasteiger partial charge in [0.2, 0.25) is 5.89 Å². The number of rotatable bonds is 4. The van der Waals surface area contributed by atoms with Crippen molar-refractivity contribution in [2.75, 3.05) is 4.90 Å². The highest BCUT2D eigenvalue weighted by Gasteiger charge is 2.21. The Labute approximate surface area is 312 Å². The number of hydrogen-bond acceptors (Lipinski definition) is 5. The highest BCUT2D eigenvalue weighted by molar-refractivity contribution is 7.25. The SMILES string of the molecule is c1ccc(-c2nc3c(o2)c2ccccc2c2ccc4ccc(N(c5ccc6c(c5)sc5ccccc56)c5ccc6oc7ccccc7c6c5)cc4c23)cc1. The van der Waals surface area contributed by atoms with E-state index in [1.54, 1.807) is 0 Å². The molecule has 0 amide bonds. The molecule has 0 unspecified atom stereocenters. The fourth-order valence-corrected chi connectivity index (χ4v) is 9.51. The topological polar surface area (TPSA) is 42.4 Å². The van der Waals surface area contributed by atoms with Crippen molar-refractivity contribution < 1.29 is 8.83 Å². The maximum atomic E-state index is 6.65. The van der Waals surface area contributed by atoms with Gasteiger partial charge in [0.05, 0.1) is 0 Å². The molecule has 0 fully saturated rings. The predicted octanol–water partition coefficient (Wildman–Crippen LogP) is 14.7. The molecular formula is C49H28N2O2S. The van der Waals surface area contributed by atoms with Crippen LogP contribution in [0, 0.1) is 0 Å². The Kier molecular flexibility index (Phi) is 6.18. The van der Waals surface area contributed by atoms with E-state index in [1.807, 2.05) is 41.7 Å². The average molecular weight is 709 g/mol. The molecule has 0 aliphatic carbocycles. The Morgan fingerprint density at radius 2 is 1.06 bits per heavy atom. The lowest BCUT2D eigenvalue weighted by atomic mass is 9.95. The van der Waals surface area contributed by atoms with E-state index in [2.05, 4.69) is 144 Å². The fourth-order valence-electron chi connectivity index (χ4n) is 8.37. The number of benzene rings is 9. The number of fused-ring (bicyclic) bond motifs is 14. The zero-order valence-electron chi connectivity index (χ0n) is 28.8. The lowest BCUT2D eigenvalue weighted by Gasteiger charge is -2.26. The van der Waals surface area contributed by atoms with Crippen molar-refractivity contribution in [2.45, 2.75) is 0 Å². The predicted molar refractivity (Wildman–Crippen MR) is 227 cm³/mol. The maximum absolute atomic E-state index is 6.65. The third-order valence-corrected chi connectivity index (χ3v) is 12.0. The van der Waals surface area contributed by atoms with Crippen molar-refractivity contribution in [3.63, 3.8) is 0 Å². The van der Waals surface area contributed by atoms with Gasteiger partial charge in [0.25, 0.3) is 0 Å². The van der Waals surface area contributed by atoms with E-state index in [0.717, 1.165) is 88.0 Å². The largest absolute Gasteiger partial charge is 0.456 e. The van der Waals surface area contributed by atoms with Gasteiger partial charge in [-0.05, 0) is 88.3 Å². The zero-order valence-corrected chi connectivity index (χ0v) is 29.6. The summed E-state index contributed by atoms with van der Waals surface area (Å²) in [6.45, 7) is 0. The number of aromatic nitrogens is 1. The van der Waals surface area contributed by atoms with Gasteiger partial charge in [-0.2, -0.15) is 0 Å². The molecule has 4 nitrogen and oxygen atoms in total. The molecule has 0 bridgehead atoms. The van der Waals surface area contributed by atoms with E-state index in [-0.39, 0.29) is 0 Å². The van der Waals surface area contributed by atoms with Crippen LogP contribution in [0.3, 0.4) is 0 Å². The Morgan fingerprint density at radius 3 is 1.94 bits per heavy atom. The molecule has 5 heteroatoms. The van der Waals surface area contributed by atoms with Crippen LogP contribution >= 0.6 is 11.3 Å². The van der Waals surface area contributed by atoms with Crippen molar-refractivity contribution in [1.82, 2.24) is 4.98 Å². The Bertz CT molecular complexity index is 3470. The normalized spacial score (nSPS) is 12.1. The lowest BCUT2D eigenvalue weighted by Crippen LogP contribution is -2.09.